The highest BCUT2D eigenvalue weighted by Gasteiger charge is 2.25. The molecular formula is C23H19Cl4N3O3. The number of hydrogen-bond acceptors (Lipinski definition) is 4. The van der Waals surface area contributed by atoms with E-state index in [9.17, 15) is 9.59 Å². The van der Waals surface area contributed by atoms with E-state index in [0.717, 1.165) is 0 Å². The van der Waals surface area contributed by atoms with Crippen molar-refractivity contribution in [1.29, 1.82) is 0 Å². The van der Waals surface area contributed by atoms with Crippen LogP contribution in [0.25, 0.3) is 11.3 Å². The first-order chi connectivity index (χ1) is 15.7. The molecule has 1 aromatic heterocycles. The van der Waals surface area contributed by atoms with Gasteiger partial charge in [-0.2, -0.15) is 5.10 Å². The third-order valence-electron chi connectivity index (χ3n) is 4.60. The number of amides is 2. The van der Waals surface area contributed by atoms with Gasteiger partial charge >= 0.3 is 0 Å². The zero-order valence-corrected chi connectivity index (χ0v) is 20.6. The Hall–Kier alpha value is -2.51. The van der Waals surface area contributed by atoms with Crippen LogP contribution in [0.2, 0.25) is 20.1 Å². The first-order valence-corrected chi connectivity index (χ1v) is 11.3. The molecule has 1 atom stereocenters. The second-order valence-corrected chi connectivity index (χ2v) is 9.07. The Morgan fingerprint density at radius 3 is 2.24 bits per heavy atom. The van der Waals surface area contributed by atoms with E-state index in [2.05, 4.69) is 15.8 Å². The van der Waals surface area contributed by atoms with Gasteiger partial charge in [-0.15, -0.1) is 0 Å². The van der Waals surface area contributed by atoms with E-state index in [1.807, 2.05) is 0 Å². The van der Waals surface area contributed by atoms with Gasteiger partial charge in [0.2, 0.25) is 0 Å². The van der Waals surface area contributed by atoms with Gasteiger partial charge in [-0.05, 0) is 54.4 Å². The molecule has 33 heavy (non-hydrogen) atoms. The highest BCUT2D eigenvalue weighted by Crippen LogP contribution is 2.31. The highest BCUT2D eigenvalue weighted by atomic mass is 35.5. The lowest BCUT2D eigenvalue weighted by Gasteiger charge is -2.20. The van der Waals surface area contributed by atoms with E-state index in [1.165, 1.54) is 18.3 Å². The molecule has 0 aliphatic heterocycles. The van der Waals surface area contributed by atoms with Gasteiger partial charge in [0.15, 0.2) is 0 Å². The second kappa shape index (κ2) is 11.1. The number of rotatable bonds is 7. The molecule has 0 aliphatic rings. The molecule has 6 nitrogen and oxygen atoms in total. The van der Waals surface area contributed by atoms with Crippen LogP contribution in [-0.2, 0) is 4.79 Å². The summed E-state index contributed by atoms with van der Waals surface area (Å²) in [6, 6.07) is 12.1. The van der Waals surface area contributed by atoms with Gasteiger partial charge in [-0.25, -0.2) is 5.43 Å². The van der Waals surface area contributed by atoms with Crippen LogP contribution >= 0.6 is 46.4 Å². The van der Waals surface area contributed by atoms with Crippen molar-refractivity contribution in [3.05, 3.63) is 79.9 Å². The summed E-state index contributed by atoms with van der Waals surface area (Å²) in [5, 5.41) is 8.17. The zero-order valence-electron chi connectivity index (χ0n) is 17.5. The maximum Gasteiger partial charge on any atom is 0.262 e. The molecule has 3 aromatic rings. The Labute approximate surface area is 210 Å². The summed E-state index contributed by atoms with van der Waals surface area (Å²) in [6.07, 6.45) is 1.35. The Bertz CT molecular complexity index is 1210. The fourth-order valence-corrected chi connectivity index (χ4v) is 3.91. The Balaban J connectivity index is 1.65. The van der Waals surface area contributed by atoms with Gasteiger partial charge in [0.25, 0.3) is 11.8 Å². The van der Waals surface area contributed by atoms with Crippen LogP contribution in [0.15, 0.2) is 58.0 Å². The minimum Gasteiger partial charge on any atom is -0.455 e. The predicted molar refractivity (Wildman–Crippen MR) is 132 cm³/mol. The number of carbonyl (C=O) groups excluding carboxylic acids is 2. The molecule has 2 amide bonds. The maximum absolute atomic E-state index is 12.6. The minimum atomic E-state index is -0.846. The first kappa shape index (κ1) is 25.1. The van der Waals surface area contributed by atoms with Crippen molar-refractivity contribution in [2.24, 2.45) is 11.0 Å². The van der Waals surface area contributed by atoms with Crippen molar-refractivity contribution in [2.45, 2.75) is 19.9 Å². The zero-order chi connectivity index (χ0) is 24.1. The van der Waals surface area contributed by atoms with Crippen molar-refractivity contribution >= 4 is 64.4 Å². The van der Waals surface area contributed by atoms with E-state index in [0.29, 0.717) is 32.2 Å². The number of nitrogens with one attached hydrogen (secondary N) is 2. The molecule has 2 aromatic carbocycles. The average molecular weight is 527 g/mol. The molecule has 3 rings (SSSR count). The van der Waals surface area contributed by atoms with Crippen LogP contribution in [0, 0.1) is 5.92 Å². The van der Waals surface area contributed by atoms with Crippen LogP contribution in [0.3, 0.4) is 0 Å². The SMILES string of the molecule is CC(C)C(NC(=O)c1ccc(Cl)cc1Cl)C(=O)N/N=C/c1ccc(-c2ccc(Cl)cc2Cl)o1. The van der Waals surface area contributed by atoms with Crippen LogP contribution in [-0.4, -0.2) is 24.1 Å². The molecule has 0 aliphatic carbocycles. The van der Waals surface area contributed by atoms with Gasteiger partial charge in [-0.1, -0.05) is 60.3 Å². The van der Waals surface area contributed by atoms with Crippen LogP contribution in [0.5, 0.6) is 0 Å². The second-order valence-electron chi connectivity index (χ2n) is 7.38. The summed E-state index contributed by atoms with van der Waals surface area (Å²) in [6.45, 7) is 3.60. The standard InChI is InChI=1S/C23H19Cl4N3O3/c1-12(2)21(29-22(31)17-7-4-14(25)10-19(17)27)23(32)30-28-11-15-5-8-20(33-15)16-6-3-13(24)9-18(16)26/h3-12,21H,1-2H3,(H,29,31)(H,30,32)/b28-11+. The van der Waals surface area contributed by atoms with E-state index in [-0.39, 0.29) is 16.5 Å². The molecule has 1 heterocycles. The average Bonchev–Trinajstić information content (AvgIpc) is 3.20. The summed E-state index contributed by atoms with van der Waals surface area (Å²) in [5.41, 5.74) is 3.31. The van der Waals surface area contributed by atoms with Crippen molar-refractivity contribution < 1.29 is 14.0 Å². The molecule has 172 valence electrons. The molecule has 1 unspecified atom stereocenters. The normalized spacial score (nSPS) is 12.2. The van der Waals surface area contributed by atoms with Crippen LogP contribution < -0.4 is 10.7 Å². The van der Waals surface area contributed by atoms with Crippen LogP contribution in [0.4, 0.5) is 0 Å². The number of benzene rings is 2. The molecule has 10 heteroatoms. The van der Waals surface area contributed by atoms with Crippen LogP contribution in [0.1, 0.15) is 30.0 Å². The van der Waals surface area contributed by atoms with Gasteiger partial charge in [0, 0.05) is 15.6 Å². The lowest BCUT2D eigenvalue weighted by atomic mass is 10.0. The number of furan rings is 1. The Kier molecular flexibility index (Phi) is 8.43. The van der Waals surface area contributed by atoms with Crippen molar-refractivity contribution in [3.63, 3.8) is 0 Å². The summed E-state index contributed by atoms with van der Waals surface area (Å²) in [5.74, 6) is -0.277. The molecule has 2 N–H and O–H groups in total. The Morgan fingerprint density at radius 1 is 0.939 bits per heavy atom. The number of halogens is 4. The van der Waals surface area contributed by atoms with Crippen molar-refractivity contribution in [2.75, 3.05) is 0 Å². The fourth-order valence-electron chi connectivity index (χ4n) is 2.91. The van der Waals surface area contributed by atoms with Crippen molar-refractivity contribution in [3.8, 4) is 11.3 Å². The van der Waals surface area contributed by atoms with E-state index >= 15 is 0 Å². The summed E-state index contributed by atoms with van der Waals surface area (Å²) in [4.78, 5) is 25.2. The smallest absolute Gasteiger partial charge is 0.262 e. The van der Waals surface area contributed by atoms with E-state index in [1.54, 1.807) is 50.2 Å². The molecular weight excluding hydrogens is 508 g/mol. The monoisotopic (exact) mass is 525 g/mol. The lowest BCUT2D eigenvalue weighted by Crippen LogP contribution is -2.48. The quantitative estimate of drug-likeness (QED) is 0.273. The highest BCUT2D eigenvalue weighted by molar-refractivity contribution is 6.37. The van der Waals surface area contributed by atoms with Gasteiger partial charge in [0.05, 0.1) is 21.8 Å². The van der Waals surface area contributed by atoms with E-state index < -0.39 is 17.9 Å². The topological polar surface area (TPSA) is 83.7 Å². The number of nitrogens with zero attached hydrogens (tertiary/aromatic N) is 1. The van der Waals surface area contributed by atoms with Gasteiger partial charge in [0.1, 0.15) is 17.6 Å². The molecule has 0 saturated heterocycles. The predicted octanol–water partition coefficient (Wildman–Crippen LogP) is 6.46. The lowest BCUT2D eigenvalue weighted by molar-refractivity contribution is -0.123. The third-order valence-corrected chi connectivity index (χ3v) is 5.70. The number of hydrazone groups is 1. The number of carbonyl (C=O) groups is 2. The molecule has 0 bridgehead atoms. The third kappa shape index (κ3) is 6.51. The summed E-state index contributed by atoms with van der Waals surface area (Å²) < 4.78 is 5.70. The molecule has 0 fully saturated rings. The number of hydrogen-bond donors (Lipinski definition) is 2. The molecule has 0 radical (unpaired) electrons. The molecule has 0 saturated carbocycles. The van der Waals surface area contributed by atoms with Gasteiger partial charge < -0.3 is 9.73 Å². The first-order valence-electron chi connectivity index (χ1n) is 9.80. The maximum atomic E-state index is 12.6. The van der Waals surface area contributed by atoms with Crippen molar-refractivity contribution in [1.82, 2.24) is 10.7 Å². The molecule has 0 spiro atoms. The summed E-state index contributed by atoms with van der Waals surface area (Å²) in [7, 11) is 0. The summed E-state index contributed by atoms with van der Waals surface area (Å²) >= 11 is 24.1. The van der Waals surface area contributed by atoms with Gasteiger partial charge in [-0.3, -0.25) is 9.59 Å². The van der Waals surface area contributed by atoms with E-state index in [4.69, 9.17) is 50.8 Å². The largest absolute Gasteiger partial charge is 0.455 e. The fraction of sp³-hybridized carbons (Fsp3) is 0.174. The minimum absolute atomic E-state index is 0.190. The Morgan fingerprint density at radius 2 is 1.61 bits per heavy atom.